The highest BCUT2D eigenvalue weighted by Gasteiger charge is 2.22. The van der Waals surface area contributed by atoms with Gasteiger partial charge in [-0.25, -0.2) is 4.79 Å². The summed E-state index contributed by atoms with van der Waals surface area (Å²) >= 11 is 0. The number of aliphatic carboxylic acids is 1. The number of hydrogen-bond donors (Lipinski definition) is 3. The lowest BCUT2D eigenvalue weighted by Crippen LogP contribution is -2.40. The van der Waals surface area contributed by atoms with E-state index in [0.717, 1.165) is 0 Å². The van der Waals surface area contributed by atoms with E-state index in [4.69, 9.17) is 16.3 Å². The van der Waals surface area contributed by atoms with Gasteiger partial charge in [0.15, 0.2) is 11.5 Å². The Kier molecular flexibility index (Phi) is 4.77. The Morgan fingerprint density at radius 1 is 1.53 bits per heavy atom. The minimum Gasteiger partial charge on any atom is -0.504 e. The number of phenols is 1. The molecule has 3 N–H and O–H groups in total. The first-order chi connectivity index (χ1) is 9.01. The number of terminal acetylenes is 1. The molecule has 0 aliphatic carbocycles. The molecule has 6 heteroatoms. The second-order valence-electron chi connectivity index (χ2n) is 3.63. The summed E-state index contributed by atoms with van der Waals surface area (Å²) in [6, 6.07) is 3.12. The molecule has 0 saturated carbocycles. The maximum absolute atomic E-state index is 11.9. The fourth-order valence-corrected chi connectivity index (χ4v) is 1.42. The summed E-state index contributed by atoms with van der Waals surface area (Å²) in [5.41, 5.74) is -0.0809. The van der Waals surface area contributed by atoms with Crippen LogP contribution in [0.5, 0.6) is 11.5 Å². The molecular weight excluding hydrogens is 250 g/mol. The number of ether oxygens (including phenoxy) is 1. The first-order valence-electron chi connectivity index (χ1n) is 5.34. The van der Waals surface area contributed by atoms with E-state index < -0.39 is 17.9 Å². The maximum Gasteiger partial charge on any atom is 0.327 e. The molecule has 1 atom stereocenters. The number of nitrogens with one attached hydrogen (secondary N) is 1. The van der Waals surface area contributed by atoms with Gasteiger partial charge < -0.3 is 20.3 Å². The minimum atomic E-state index is -1.24. The minimum absolute atomic E-state index is 0.0809. The van der Waals surface area contributed by atoms with Crippen molar-refractivity contribution in [3.8, 4) is 23.8 Å². The number of benzene rings is 1. The Morgan fingerprint density at radius 3 is 2.74 bits per heavy atom. The smallest absolute Gasteiger partial charge is 0.327 e. The van der Waals surface area contributed by atoms with Gasteiger partial charge in [-0.2, -0.15) is 0 Å². The van der Waals surface area contributed by atoms with E-state index in [1.807, 2.05) is 0 Å². The van der Waals surface area contributed by atoms with Crippen LogP contribution in [0.25, 0.3) is 0 Å². The van der Waals surface area contributed by atoms with Crippen LogP contribution in [0.4, 0.5) is 0 Å². The molecule has 0 aliphatic heterocycles. The van der Waals surface area contributed by atoms with Crippen molar-refractivity contribution >= 4 is 11.9 Å². The summed E-state index contributed by atoms with van der Waals surface area (Å²) in [6.45, 7) is 0. The molecule has 1 unspecified atom stereocenters. The molecule has 0 aliphatic rings. The molecule has 19 heavy (non-hydrogen) atoms. The van der Waals surface area contributed by atoms with Crippen LogP contribution in [0, 0.1) is 12.3 Å². The van der Waals surface area contributed by atoms with Crippen molar-refractivity contribution in [3.63, 3.8) is 0 Å². The number of rotatable bonds is 5. The van der Waals surface area contributed by atoms with Crippen molar-refractivity contribution in [1.82, 2.24) is 5.32 Å². The first-order valence-corrected chi connectivity index (χ1v) is 5.34. The average molecular weight is 263 g/mol. The van der Waals surface area contributed by atoms with Crippen molar-refractivity contribution in [1.29, 1.82) is 0 Å². The van der Waals surface area contributed by atoms with Crippen LogP contribution >= 0.6 is 0 Å². The number of amides is 1. The average Bonchev–Trinajstić information content (AvgIpc) is 2.38. The second-order valence-corrected chi connectivity index (χ2v) is 3.63. The van der Waals surface area contributed by atoms with Crippen LogP contribution in [-0.2, 0) is 4.79 Å². The molecule has 1 aromatic rings. The van der Waals surface area contributed by atoms with Crippen LogP contribution in [0.3, 0.4) is 0 Å². The Hall–Kier alpha value is -2.68. The van der Waals surface area contributed by atoms with Gasteiger partial charge in [0.2, 0.25) is 0 Å². The predicted octanol–water partition coefficient (Wildman–Crippen LogP) is 0.607. The highest BCUT2D eigenvalue weighted by Crippen LogP contribution is 2.29. The van der Waals surface area contributed by atoms with Crippen molar-refractivity contribution in [2.24, 2.45) is 0 Å². The highest BCUT2D eigenvalue weighted by molar-refractivity contribution is 5.99. The third kappa shape index (κ3) is 3.39. The van der Waals surface area contributed by atoms with Crippen molar-refractivity contribution in [3.05, 3.63) is 23.8 Å². The standard InChI is InChI=1S/C13H13NO5/c1-3-5-9(13(17)18)14-12(16)8-6-4-7-10(19-2)11(8)15/h1,4,6-7,9,15H,5H2,2H3,(H,14,16)(H,17,18). The SMILES string of the molecule is C#CCC(NC(=O)c1cccc(OC)c1O)C(=O)O. The Bertz CT molecular complexity index is 532. The molecule has 1 rings (SSSR count). The van der Waals surface area contributed by atoms with Crippen LogP contribution in [-0.4, -0.2) is 35.2 Å². The molecule has 100 valence electrons. The lowest BCUT2D eigenvalue weighted by atomic mass is 10.1. The third-order valence-electron chi connectivity index (χ3n) is 2.39. The van der Waals surface area contributed by atoms with Gasteiger partial charge in [-0.15, -0.1) is 12.3 Å². The summed E-state index contributed by atoms with van der Waals surface area (Å²) in [5, 5.41) is 20.9. The number of methoxy groups -OCH3 is 1. The molecule has 0 saturated heterocycles. The molecule has 0 heterocycles. The summed E-state index contributed by atoms with van der Waals surface area (Å²) in [4.78, 5) is 22.7. The van der Waals surface area contributed by atoms with Crippen molar-refractivity contribution < 1.29 is 24.5 Å². The van der Waals surface area contributed by atoms with Gasteiger partial charge in [0.05, 0.1) is 12.7 Å². The number of hydrogen-bond acceptors (Lipinski definition) is 4. The van der Waals surface area contributed by atoms with E-state index >= 15 is 0 Å². The summed E-state index contributed by atoms with van der Waals surface area (Å²) in [6.07, 6.45) is 4.88. The van der Waals surface area contributed by atoms with Crippen LogP contribution in [0.2, 0.25) is 0 Å². The fourth-order valence-electron chi connectivity index (χ4n) is 1.42. The van der Waals surface area contributed by atoms with Gasteiger partial charge in [0.1, 0.15) is 6.04 Å². The van der Waals surface area contributed by atoms with Gasteiger partial charge in [-0.3, -0.25) is 4.79 Å². The summed E-state index contributed by atoms with van der Waals surface area (Å²) in [7, 11) is 1.34. The van der Waals surface area contributed by atoms with Gasteiger partial charge in [0.25, 0.3) is 5.91 Å². The van der Waals surface area contributed by atoms with E-state index in [0.29, 0.717) is 0 Å². The normalized spacial score (nSPS) is 11.2. The Balaban J connectivity index is 2.95. The molecule has 1 amide bonds. The number of phenolic OH excluding ortho intramolecular Hbond substituents is 1. The number of carbonyl (C=O) groups is 2. The van der Waals surface area contributed by atoms with E-state index in [1.54, 1.807) is 0 Å². The first kappa shape index (κ1) is 14.4. The molecule has 6 nitrogen and oxygen atoms in total. The molecule has 0 spiro atoms. The monoisotopic (exact) mass is 263 g/mol. The van der Waals surface area contributed by atoms with Crippen LogP contribution < -0.4 is 10.1 Å². The number of para-hydroxylation sites is 1. The quantitative estimate of drug-likeness (QED) is 0.676. The van der Waals surface area contributed by atoms with E-state index in [2.05, 4.69) is 11.2 Å². The zero-order valence-electron chi connectivity index (χ0n) is 10.2. The second kappa shape index (κ2) is 6.31. The molecule has 0 aromatic heterocycles. The molecule has 0 bridgehead atoms. The lowest BCUT2D eigenvalue weighted by Gasteiger charge is -2.13. The van der Waals surface area contributed by atoms with Gasteiger partial charge in [-0.1, -0.05) is 6.07 Å². The Morgan fingerprint density at radius 2 is 2.21 bits per heavy atom. The van der Waals surface area contributed by atoms with Gasteiger partial charge >= 0.3 is 5.97 Å². The highest BCUT2D eigenvalue weighted by atomic mass is 16.5. The topological polar surface area (TPSA) is 95.9 Å². The van der Waals surface area contributed by atoms with E-state index in [1.165, 1.54) is 25.3 Å². The van der Waals surface area contributed by atoms with Crippen LogP contribution in [0.15, 0.2) is 18.2 Å². The molecule has 1 aromatic carbocycles. The lowest BCUT2D eigenvalue weighted by molar-refractivity contribution is -0.139. The van der Waals surface area contributed by atoms with Gasteiger partial charge in [-0.05, 0) is 12.1 Å². The number of aromatic hydroxyl groups is 1. The predicted molar refractivity (Wildman–Crippen MR) is 67.0 cm³/mol. The third-order valence-corrected chi connectivity index (χ3v) is 2.39. The number of carbonyl (C=O) groups excluding carboxylic acids is 1. The van der Waals surface area contributed by atoms with Crippen LogP contribution in [0.1, 0.15) is 16.8 Å². The fraction of sp³-hybridized carbons (Fsp3) is 0.231. The maximum atomic E-state index is 11.9. The molecule has 0 radical (unpaired) electrons. The largest absolute Gasteiger partial charge is 0.504 e. The van der Waals surface area contributed by atoms with E-state index in [-0.39, 0.29) is 23.5 Å². The summed E-state index contributed by atoms with van der Waals surface area (Å²) < 4.78 is 4.86. The zero-order chi connectivity index (χ0) is 14.4. The number of carboxylic acids is 1. The van der Waals surface area contributed by atoms with Gasteiger partial charge in [0, 0.05) is 6.42 Å². The van der Waals surface area contributed by atoms with Crippen molar-refractivity contribution in [2.45, 2.75) is 12.5 Å². The molecular formula is C13H13NO5. The summed E-state index contributed by atoms with van der Waals surface area (Å²) in [5.74, 6) is -0.0511. The Labute approximate surface area is 110 Å². The van der Waals surface area contributed by atoms with E-state index in [9.17, 15) is 14.7 Å². The zero-order valence-corrected chi connectivity index (χ0v) is 10.2. The number of carboxylic acid groups (broad SMARTS) is 1. The molecule has 0 fully saturated rings. The van der Waals surface area contributed by atoms with Crippen molar-refractivity contribution in [2.75, 3.05) is 7.11 Å².